The molecule has 0 aliphatic carbocycles. The van der Waals surface area contributed by atoms with E-state index in [-0.39, 0.29) is 40.7 Å². The van der Waals surface area contributed by atoms with Crippen molar-refractivity contribution in [1.29, 1.82) is 0 Å². The van der Waals surface area contributed by atoms with E-state index in [4.69, 9.17) is 16.3 Å². The Hall–Kier alpha value is -2.09. The third-order valence-corrected chi connectivity index (χ3v) is 5.76. The molecule has 1 amide bonds. The van der Waals surface area contributed by atoms with Crippen LogP contribution in [-0.4, -0.2) is 38.3 Å². The first-order valence-corrected chi connectivity index (χ1v) is 10.2. The lowest BCUT2D eigenvalue weighted by molar-refractivity contribution is -0.121. The first-order chi connectivity index (χ1) is 12.7. The third kappa shape index (κ3) is 5.69. The van der Waals surface area contributed by atoms with Gasteiger partial charge in [-0.2, -0.15) is 4.31 Å². The second-order valence-electron chi connectivity index (χ2n) is 6.28. The smallest absolute Gasteiger partial charge is 0.247 e. The maximum Gasteiger partial charge on any atom is 0.247 e. The first kappa shape index (κ1) is 21.2. The lowest BCUT2D eigenvalue weighted by atomic mass is 10.2. The standard InChI is InChI=1S/C19H23ClN2O4S/c1-14(2)21-19(23)13-22(12-15-7-5-4-6-8-15)27(24,25)18-11-16(20)9-10-17(18)26-3/h4-11,14H,12-13H2,1-3H3,(H,21,23). The van der Waals surface area contributed by atoms with Crippen LogP contribution in [0.3, 0.4) is 0 Å². The van der Waals surface area contributed by atoms with Crippen LogP contribution in [0, 0.1) is 0 Å². The molecule has 0 aliphatic heterocycles. The number of amides is 1. The summed E-state index contributed by atoms with van der Waals surface area (Å²) in [5.74, 6) is -0.216. The van der Waals surface area contributed by atoms with Crippen molar-refractivity contribution in [3.8, 4) is 5.75 Å². The van der Waals surface area contributed by atoms with Gasteiger partial charge in [-0.1, -0.05) is 41.9 Å². The van der Waals surface area contributed by atoms with E-state index in [9.17, 15) is 13.2 Å². The molecule has 1 N–H and O–H groups in total. The number of carbonyl (C=O) groups is 1. The molecule has 0 saturated heterocycles. The number of halogens is 1. The Kier molecular flexibility index (Phi) is 7.24. The Morgan fingerprint density at radius 2 is 1.85 bits per heavy atom. The Morgan fingerprint density at radius 3 is 2.44 bits per heavy atom. The van der Waals surface area contributed by atoms with Gasteiger partial charge in [0, 0.05) is 17.6 Å². The number of benzene rings is 2. The van der Waals surface area contributed by atoms with Gasteiger partial charge < -0.3 is 10.1 Å². The Bertz CT molecular complexity index is 886. The highest BCUT2D eigenvalue weighted by Crippen LogP contribution is 2.30. The maximum absolute atomic E-state index is 13.3. The molecule has 0 spiro atoms. The van der Waals surface area contributed by atoms with Gasteiger partial charge in [0.15, 0.2) is 0 Å². The fourth-order valence-electron chi connectivity index (χ4n) is 2.53. The number of sulfonamides is 1. The summed E-state index contributed by atoms with van der Waals surface area (Å²) in [6.07, 6.45) is 0. The molecule has 0 bridgehead atoms. The molecular formula is C19H23ClN2O4S. The second-order valence-corrected chi connectivity index (χ2v) is 8.62. The second kappa shape index (κ2) is 9.21. The molecule has 0 radical (unpaired) electrons. The predicted molar refractivity (Wildman–Crippen MR) is 105 cm³/mol. The highest BCUT2D eigenvalue weighted by molar-refractivity contribution is 7.89. The van der Waals surface area contributed by atoms with Crippen molar-refractivity contribution >= 4 is 27.5 Å². The number of nitrogens with one attached hydrogen (secondary N) is 1. The molecule has 0 aromatic heterocycles. The van der Waals surface area contributed by atoms with Gasteiger partial charge in [-0.3, -0.25) is 4.79 Å². The number of carbonyl (C=O) groups excluding carboxylic acids is 1. The SMILES string of the molecule is COc1ccc(Cl)cc1S(=O)(=O)N(CC(=O)NC(C)C)Cc1ccccc1. The molecule has 2 aromatic rings. The minimum absolute atomic E-state index is 0.0460. The van der Waals surface area contributed by atoms with Crippen LogP contribution in [0.4, 0.5) is 0 Å². The van der Waals surface area contributed by atoms with Gasteiger partial charge in [-0.25, -0.2) is 8.42 Å². The summed E-state index contributed by atoms with van der Waals surface area (Å²) in [5, 5.41) is 2.98. The minimum atomic E-state index is -4.03. The van der Waals surface area contributed by atoms with E-state index in [0.29, 0.717) is 0 Å². The highest BCUT2D eigenvalue weighted by atomic mass is 35.5. The molecule has 6 nitrogen and oxygen atoms in total. The summed E-state index contributed by atoms with van der Waals surface area (Å²) in [5.41, 5.74) is 0.763. The Balaban J connectivity index is 2.44. The van der Waals surface area contributed by atoms with Crippen molar-refractivity contribution in [2.45, 2.75) is 31.3 Å². The summed E-state index contributed by atoms with van der Waals surface area (Å²) in [4.78, 5) is 12.2. The van der Waals surface area contributed by atoms with E-state index in [0.717, 1.165) is 9.87 Å². The van der Waals surface area contributed by atoms with Gasteiger partial charge in [-0.15, -0.1) is 0 Å². The normalized spacial score (nSPS) is 11.6. The van der Waals surface area contributed by atoms with E-state index < -0.39 is 10.0 Å². The van der Waals surface area contributed by atoms with E-state index in [2.05, 4.69) is 5.32 Å². The molecule has 146 valence electrons. The topological polar surface area (TPSA) is 75.7 Å². The number of rotatable bonds is 8. The van der Waals surface area contributed by atoms with Crippen LogP contribution in [0.25, 0.3) is 0 Å². The molecule has 8 heteroatoms. The zero-order chi connectivity index (χ0) is 20.0. The van der Waals surface area contributed by atoms with Crippen molar-refractivity contribution in [3.63, 3.8) is 0 Å². The van der Waals surface area contributed by atoms with E-state index in [1.165, 1.54) is 19.2 Å². The first-order valence-electron chi connectivity index (χ1n) is 8.41. The fraction of sp³-hybridized carbons (Fsp3) is 0.316. The van der Waals surface area contributed by atoms with Crippen molar-refractivity contribution in [2.75, 3.05) is 13.7 Å². The van der Waals surface area contributed by atoms with Crippen molar-refractivity contribution in [2.24, 2.45) is 0 Å². The molecule has 0 saturated carbocycles. The summed E-state index contributed by atoms with van der Waals surface area (Å²) in [6, 6.07) is 13.3. The number of hydrogen-bond donors (Lipinski definition) is 1. The van der Waals surface area contributed by atoms with Crippen LogP contribution in [0.5, 0.6) is 5.75 Å². The van der Waals surface area contributed by atoms with Crippen LogP contribution < -0.4 is 10.1 Å². The molecule has 0 atom stereocenters. The van der Waals surface area contributed by atoms with Crippen LogP contribution >= 0.6 is 11.6 Å². The average molecular weight is 411 g/mol. The zero-order valence-electron chi connectivity index (χ0n) is 15.5. The quantitative estimate of drug-likeness (QED) is 0.725. The van der Waals surface area contributed by atoms with Crippen LogP contribution in [0.1, 0.15) is 19.4 Å². The minimum Gasteiger partial charge on any atom is -0.495 e. The van der Waals surface area contributed by atoms with Crippen molar-refractivity contribution in [1.82, 2.24) is 9.62 Å². The number of hydrogen-bond acceptors (Lipinski definition) is 4. The van der Waals surface area contributed by atoms with Gasteiger partial charge in [0.25, 0.3) is 0 Å². The third-order valence-electron chi connectivity index (χ3n) is 3.71. The van der Waals surface area contributed by atoms with Gasteiger partial charge in [0.1, 0.15) is 10.6 Å². The molecule has 0 unspecified atom stereocenters. The molecule has 2 rings (SSSR count). The number of methoxy groups -OCH3 is 1. The largest absolute Gasteiger partial charge is 0.495 e. The fourth-order valence-corrected chi connectivity index (χ4v) is 4.33. The van der Waals surface area contributed by atoms with Gasteiger partial charge in [0.2, 0.25) is 15.9 Å². The molecule has 27 heavy (non-hydrogen) atoms. The number of nitrogens with zero attached hydrogens (tertiary/aromatic N) is 1. The summed E-state index contributed by atoms with van der Waals surface area (Å²) in [6.45, 7) is 3.36. The number of ether oxygens (including phenoxy) is 1. The van der Waals surface area contributed by atoms with E-state index >= 15 is 0 Å². The van der Waals surface area contributed by atoms with Gasteiger partial charge in [-0.05, 0) is 37.6 Å². The Labute approximate surface area is 165 Å². The molecular weight excluding hydrogens is 388 g/mol. The average Bonchev–Trinajstić information content (AvgIpc) is 2.61. The summed E-state index contributed by atoms with van der Waals surface area (Å²) in [7, 11) is -2.65. The van der Waals surface area contributed by atoms with Crippen LogP contribution in [0.2, 0.25) is 5.02 Å². The van der Waals surface area contributed by atoms with Crippen molar-refractivity contribution < 1.29 is 17.9 Å². The van der Waals surface area contributed by atoms with Crippen molar-refractivity contribution in [3.05, 3.63) is 59.1 Å². The Morgan fingerprint density at radius 1 is 1.19 bits per heavy atom. The molecule has 0 fully saturated rings. The lowest BCUT2D eigenvalue weighted by Gasteiger charge is -2.23. The van der Waals surface area contributed by atoms with Crippen LogP contribution in [-0.2, 0) is 21.4 Å². The summed E-state index contributed by atoms with van der Waals surface area (Å²) >= 11 is 6.00. The molecule has 2 aromatic carbocycles. The van der Waals surface area contributed by atoms with Gasteiger partial charge >= 0.3 is 0 Å². The maximum atomic E-state index is 13.3. The van der Waals surface area contributed by atoms with E-state index in [1.807, 2.05) is 32.0 Å². The highest BCUT2D eigenvalue weighted by Gasteiger charge is 2.30. The summed E-state index contributed by atoms with van der Waals surface area (Å²) < 4.78 is 32.9. The zero-order valence-corrected chi connectivity index (χ0v) is 17.0. The van der Waals surface area contributed by atoms with Gasteiger partial charge in [0.05, 0.1) is 13.7 Å². The van der Waals surface area contributed by atoms with E-state index in [1.54, 1.807) is 18.2 Å². The molecule has 0 heterocycles. The molecule has 0 aliphatic rings. The monoisotopic (exact) mass is 410 g/mol. The predicted octanol–water partition coefficient (Wildman–Crippen LogP) is 3.06. The lowest BCUT2D eigenvalue weighted by Crippen LogP contribution is -2.42. The van der Waals surface area contributed by atoms with Crippen LogP contribution in [0.15, 0.2) is 53.4 Å².